The summed E-state index contributed by atoms with van der Waals surface area (Å²) < 4.78 is 1.10. The third-order valence-corrected chi connectivity index (χ3v) is 4.84. The average molecular weight is 318 g/mol. The third kappa shape index (κ3) is 3.82. The molecule has 1 aromatic heterocycles. The van der Waals surface area contributed by atoms with Crippen molar-refractivity contribution >= 4 is 39.1 Å². The highest BCUT2D eigenvalue weighted by Crippen LogP contribution is 2.43. The van der Waals surface area contributed by atoms with Crippen molar-refractivity contribution in [3.63, 3.8) is 0 Å². The molecule has 1 saturated carbocycles. The number of benzene rings is 1. The molecule has 1 fully saturated rings. The van der Waals surface area contributed by atoms with Crippen molar-refractivity contribution in [2.45, 2.75) is 44.4 Å². The van der Waals surface area contributed by atoms with E-state index in [1.807, 2.05) is 18.2 Å². The highest BCUT2D eigenvalue weighted by atomic mass is 32.1. The van der Waals surface area contributed by atoms with Gasteiger partial charge in [-0.2, -0.15) is 0 Å². The van der Waals surface area contributed by atoms with E-state index in [4.69, 9.17) is 5.11 Å². The van der Waals surface area contributed by atoms with Crippen LogP contribution in [-0.4, -0.2) is 22.0 Å². The van der Waals surface area contributed by atoms with Crippen molar-refractivity contribution in [1.29, 1.82) is 0 Å². The number of carboxylic acids is 1. The summed E-state index contributed by atoms with van der Waals surface area (Å²) in [6.07, 6.45) is 4.05. The normalized spacial score (nSPS) is 14.2. The molecule has 0 unspecified atom stereocenters. The van der Waals surface area contributed by atoms with Crippen molar-refractivity contribution in [2.24, 2.45) is 0 Å². The van der Waals surface area contributed by atoms with E-state index in [-0.39, 0.29) is 12.3 Å². The fourth-order valence-corrected chi connectivity index (χ4v) is 3.49. The minimum absolute atomic E-state index is 0.0725. The van der Waals surface area contributed by atoms with Crippen molar-refractivity contribution < 1.29 is 14.7 Å². The Balaban J connectivity index is 1.56. The molecule has 0 bridgehead atoms. The summed E-state index contributed by atoms with van der Waals surface area (Å²) in [4.78, 5) is 26.9. The number of anilines is 1. The number of aliphatic carboxylic acids is 1. The number of fused-ring (bicyclic) bond motifs is 1. The van der Waals surface area contributed by atoms with Gasteiger partial charge in [-0.3, -0.25) is 9.59 Å². The average Bonchev–Trinajstić information content (AvgIpc) is 3.23. The van der Waals surface area contributed by atoms with Crippen LogP contribution >= 0.6 is 11.3 Å². The lowest BCUT2D eigenvalue weighted by Crippen LogP contribution is -2.11. The Morgan fingerprint density at radius 2 is 2.05 bits per heavy atom. The van der Waals surface area contributed by atoms with Gasteiger partial charge < -0.3 is 10.4 Å². The highest BCUT2D eigenvalue weighted by Gasteiger charge is 2.26. The molecule has 2 aromatic rings. The maximum Gasteiger partial charge on any atom is 0.303 e. The lowest BCUT2D eigenvalue weighted by molar-refractivity contribution is -0.137. The molecule has 1 heterocycles. The molecule has 116 valence electrons. The predicted molar refractivity (Wildman–Crippen MR) is 86.3 cm³/mol. The highest BCUT2D eigenvalue weighted by molar-refractivity contribution is 7.18. The van der Waals surface area contributed by atoms with Gasteiger partial charge >= 0.3 is 5.97 Å². The van der Waals surface area contributed by atoms with E-state index in [1.54, 1.807) is 11.3 Å². The molecular weight excluding hydrogens is 300 g/mol. The van der Waals surface area contributed by atoms with Crippen LogP contribution in [0.15, 0.2) is 18.2 Å². The Morgan fingerprint density at radius 3 is 2.77 bits per heavy atom. The Labute approximate surface area is 132 Å². The molecule has 0 atom stereocenters. The van der Waals surface area contributed by atoms with Gasteiger partial charge in [-0.1, -0.05) is 0 Å². The number of carbonyl (C=O) groups is 2. The van der Waals surface area contributed by atoms with Crippen LogP contribution in [0.1, 0.15) is 49.5 Å². The second-order valence-corrected chi connectivity index (χ2v) is 6.72. The molecular formula is C16H18N2O3S. The molecule has 22 heavy (non-hydrogen) atoms. The first-order valence-electron chi connectivity index (χ1n) is 7.54. The molecule has 1 aliphatic rings. The number of carbonyl (C=O) groups excluding carboxylic acids is 1. The number of nitrogens with zero attached hydrogens (tertiary/aromatic N) is 1. The first-order valence-corrected chi connectivity index (χ1v) is 8.35. The number of amides is 1. The summed E-state index contributed by atoms with van der Waals surface area (Å²) in [7, 11) is 0. The molecule has 1 aromatic carbocycles. The van der Waals surface area contributed by atoms with E-state index in [0.717, 1.165) is 15.9 Å². The lowest BCUT2D eigenvalue weighted by atomic mass is 10.2. The van der Waals surface area contributed by atoms with Gasteiger partial charge in [-0.25, -0.2) is 4.98 Å². The summed E-state index contributed by atoms with van der Waals surface area (Å²) >= 11 is 1.71. The van der Waals surface area contributed by atoms with E-state index < -0.39 is 5.97 Å². The number of nitrogens with one attached hydrogen (secondary N) is 1. The number of rotatable bonds is 7. The maximum absolute atomic E-state index is 11.8. The molecule has 6 heteroatoms. The number of hydrogen-bond acceptors (Lipinski definition) is 4. The maximum atomic E-state index is 11.8. The van der Waals surface area contributed by atoms with Gasteiger partial charge in [-0.15, -0.1) is 11.3 Å². The molecule has 0 saturated heterocycles. The Bertz CT molecular complexity index is 706. The van der Waals surface area contributed by atoms with E-state index in [0.29, 0.717) is 25.2 Å². The standard InChI is InChI=1S/C16H18N2O3S/c19-14(3-1-2-4-15(20)21)17-11-7-8-12-13(9-11)22-16(18-12)10-5-6-10/h7-10H,1-6H2,(H,17,19)(H,20,21). The Kier molecular flexibility index (Phi) is 4.38. The Hall–Kier alpha value is -1.95. The van der Waals surface area contributed by atoms with E-state index in [1.165, 1.54) is 17.8 Å². The fraction of sp³-hybridized carbons (Fsp3) is 0.438. The summed E-state index contributed by atoms with van der Waals surface area (Å²) in [5.41, 5.74) is 1.77. The molecule has 0 aliphatic heterocycles. The minimum Gasteiger partial charge on any atom is -0.481 e. The summed E-state index contributed by atoms with van der Waals surface area (Å²) in [6, 6.07) is 5.78. The number of hydrogen-bond donors (Lipinski definition) is 2. The number of carboxylic acid groups (broad SMARTS) is 1. The zero-order chi connectivity index (χ0) is 15.5. The largest absolute Gasteiger partial charge is 0.481 e. The monoisotopic (exact) mass is 318 g/mol. The molecule has 5 nitrogen and oxygen atoms in total. The van der Waals surface area contributed by atoms with E-state index in [2.05, 4.69) is 10.3 Å². The zero-order valence-electron chi connectivity index (χ0n) is 12.2. The van der Waals surface area contributed by atoms with Crippen LogP contribution in [-0.2, 0) is 9.59 Å². The molecule has 3 rings (SSSR count). The fourth-order valence-electron chi connectivity index (χ4n) is 2.31. The van der Waals surface area contributed by atoms with Gasteiger partial charge in [0.25, 0.3) is 0 Å². The Morgan fingerprint density at radius 1 is 1.27 bits per heavy atom. The lowest BCUT2D eigenvalue weighted by Gasteiger charge is -2.04. The van der Waals surface area contributed by atoms with Gasteiger partial charge in [0.2, 0.25) is 5.91 Å². The number of aromatic nitrogens is 1. The van der Waals surface area contributed by atoms with Crippen molar-refractivity contribution in [1.82, 2.24) is 4.98 Å². The summed E-state index contributed by atoms with van der Waals surface area (Å²) in [5, 5.41) is 12.6. The van der Waals surface area contributed by atoms with Crippen molar-refractivity contribution in [2.75, 3.05) is 5.32 Å². The van der Waals surface area contributed by atoms with Gasteiger partial charge in [0.1, 0.15) is 0 Å². The number of thiazole rings is 1. The quantitative estimate of drug-likeness (QED) is 0.762. The molecule has 2 N–H and O–H groups in total. The van der Waals surface area contributed by atoms with Crippen LogP contribution in [0.4, 0.5) is 5.69 Å². The first-order chi connectivity index (χ1) is 10.6. The van der Waals surface area contributed by atoms with Crippen LogP contribution < -0.4 is 5.32 Å². The molecule has 1 amide bonds. The third-order valence-electron chi connectivity index (χ3n) is 3.66. The van der Waals surface area contributed by atoms with Crippen LogP contribution in [0.3, 0.4) is 0 Å². The summed E-state index contributed by atoms with van der Waals surface area (Å²) in [6.45, 7) is 0. The molecule has 1 aliphatic carbocycles. The van der Waals surface area contributed by atoms with Gasteiger partial charge in [0.05, 0.1) is 15.2 Å². The van der Waals surface area contributed by atoms with Crippen LogP contribution in [0.25, 0.3) is 10.2 Å². The van der Waals surface area contributed by atoms with Gasteiger partial charge in [-0.05, 0) is 43.9 Å². The second kappa shape index (κ2) is 6.44. The van der Waals surface area contributed by atoms with E-state index >= 15 is 0 Å². The van der Waals surface area contributed by atoms with Crippen molar-refractivity contribution in [3.05, 3.63) is 23.2 Å². The zero-order valence-corrected chi connectivity index (χ0v) is 13.0. The van der Waals surface area contributed by atoms with Gasteiger partial charge in [0, 0.05) is 24.4 Å². The SMILES string of the molecule is O=C(O)CCCCC(=O)Nc1ccc2nc(C3CC3)sc2c1. The van der Waals surface area contributed by atoms with Crippen LogP contribution in [0, 0.1) is 0 Å². The molecule has 0 spiro atoms. The predicted octanol–water partition coefficient (Wildman–Crippen LogP) is 3.76. The first kappa shape index (κ1) is 15.0. The smallest absolute Gasteiger partial charge is 0.303 e. The summed E-state index contributed by atoms with van der Waals surface area (Å²) in [5.74, 6) is -0.246. The minimum atomic E-state index is -0.817. The van der Waals surface area contributed by atoms with Crippen LogP contribution in [0.5, 0.6) is 0 Å². The van der Waals surface area contributed by atoms with Crippen LogP contribution in [0.2, 0.25) is 0 Å². The second-order valence-electron chi connectivity index (χ2n) is 5.66. The number of unbranched alkanes of at least 4 members (excludes halogenated alkanes) is 1. The topological polar surface area (TPSA) is 79.3 Å². The van der Waals surface area contributed by atoms with Crippen molar-refractivity contribution in [3.8, 4) is 0 Å². The van der Waals surface area contributed by atoms with Gasteiger partial charge in [0.15, 0.2) is 0 Å². The van der Waals surface area contributed by atoms with E-state index in [9.17, 15) is 9.59 Å². The molecule has 0 radical (unpaired) electrons.